The van der Waals surface area contributed by atoms with E-state index in [0.29, 0.717) is 33.4 Å². The number of hydrogen-bond donors (Lipinski definition) is 3. The van der Waals surface area contributed by atoms with Gasteiger partial charge in [-0.05, 0) is 89.0 Å². The minimum atomic E-state index is -0.932. The van der Waals surface area contributed by atoms with Crippen molar-refractivity contribution < 1.29 is 100 Å². The fourth-order valence-electron chi connectivity index (χ4n) is 8.14. The minimum Gasteiger partial charge on any atom is -0.423 e. The Morgan fingerprint density at radius 2 is 0.474 bits per heavy atom. The van der Waals surface area contributed by atoms with Crippen molar-refractivity contribution in [3.8, 4) is 51.7 Å². The topological polar surface area (TPSA) is 324 Å². The lowest BCUT2D eigenvalue weighted by Crippen LogP contribution is -2.30. The molecule has 3 amide bonds. The van der Waals surface area contributed by atoms with Crippen LogP contribution in [0.1, 0.15) is 148 Å². The highest BCUT2D eigenvalue weighted by Gasteiger charge is 2.31. The van der Waals surface area contributed by atoms with Gasteiger partial charge in [0.25, 0.3) is 17.7 Å². The van der Waals surface area contributed by atoms with Gasteiger partial charge in [-0.2, -0.15) is 0 Å². The second-order valence-corrected chi connectivity index (χ2v) is 16.6. The summed E-state index contributed by atoms with van der Waals surface area (Å²) in [4.78, 5) is 153. The van der Waals surface area contributed by atoms with E-state index in [1.54, 1.807) is 20.8 Å². The Balaban J connectivity index is 1.99. The van der Waals surface area contributed by atoms with E-state index in [1.807, 2.05) is 0 Å². The molecule has 0 bridgehead atoms. The van der Waals surface area contributed by atoms with E-state index in [4.69, 9.17) is 42.6 Å². The lowest BCUT2D eigenvalue weighted by Gasteiger charge is -2.27. The number of esters is 9. The molecule has 0 aliphatic carbocycles. The van der Waals surface area contributed by atoms with Gasteiger partial charge in [-0.1, -0.05) is 20.8 Å². The third kappa shape index (κ3) is 15.8. The monoisotopic (exact) mass is 1080 g/mol. The molecule has 0 aromatic heterocycles. The Morgan fingerprint density at radius 3 is 0.654 bits per heavy atom. The van der Waals surface area contributed by atoms with Crippen LogP contribution in [0.3, 0.4) is 0 Å². The van der Waals surface area contributed by atoms with Crippen molar-refractivity contribution in [1.82, 2.24) is 16.0 Å². The van der Waals surface area contributed by atoms with Crippen LogP contribution >= 0.6 is 0 Å². The van der Waals surface area contributed by atoms with E-state index in [1.165, 1.54) is 18.2 Å². The highest BCUT2D eigenvalue weighted by atomic mass is 16.6. The summed E-state index contributed by atoms with van der Waals surface area (Å²) in [6.07, 6.45) is 0.753. The Hall–Kier alpha value is -9.48. The largest absolute Gasteiger partial charge is 0.423 e. The molecule has 0 unspecified atom stereocenters. The van der Waals surface area contributed by atoms with Crippen LogP contribution in [0, 0.1) is 0 Å². The van der Waals surface area contributed by atoms with Crippen LogP contribution in [0.2, 0.25) is 0 Å². The first kappa shape index (κ1) is 61.1. The van der Waals surface area contributed by atoms with Crippen molar-refractivity contribution in [2.24, 2.45) is 0 Å². The molecule has 0 atom stereocenters. The number of hydrogen-bond acceptors (Lipinski definition) is 21. The lowest BCUT2D eigenvalue weighted by atomic mass is 9.83. The average molecular weight is 1080 g/mol. The van der Waals surface area contributed by atoms with Crippen LogP contribution in [0.25, 0.3) is 0 Å². The summed E-state index contributed by atoms with van der Waals surface area (Å²) in [5.41, 5.74) is 2.26. The van der Waals surface area contributed by atoms with Gasteiger partial charge in [0.15, 0.2) is 34.5 Å². The molecule has 4 rings (SSSR count). The summed E-state index contributed by atoms with van der Waals surface area (Å²) in [6, 6.07) is 7.00. The maximum absolute atomic E-state index is 14.3. The molecule has 0 saturated carbocycles. The van der Waals surface area contributed by atoms with Crippen molar-refractivity contribution >= 4 is 71.4 Å². The summed E-state index contributed by atoms with van der Waals surface area (Å²) in [6.45, 7) is 13.9. The molecule has 0 fully saturated rings. The summed E-state index contributed by atoms with van der Waals surface area (Å²) >= 11 is 0. The molecule has 0 radical (unpaired) electrons. The number of benzene rings is 4. The summed E-state index contributed by atoms with van der Waals surface area (Å²) in [5.74, 6) is -14.9. The van der Waals surface area contributed by atoms with Crippen molar-refractivity contribution in [2.75, 3.05) is 0 Å². The van der Waals surface area contributed by atoms with Gasteiger partial charge >= 0.3 is 53.7 Å². The van der Waals surface area contributed by atoms with Crippen LogP contribution in [-0.4, -0.2) is 71.4 Å². The number of carbonyl (C=O) groups is 12. The Kier molecular flexibility index (Phi) is 21.4. The molecule has 24 nitrogen and oxygen atoms in total. The van der Waals surface area contributed by atoms with Gasteiger partial charge < -0.3 is 58.6 Å². The fourth-order valence-corrected chi connectivity index (χ4v) is 8.14. The third-order valence-electron chi connectivity index (χ3n) is 10.7. The highest BCUT2D eigenvalue weighted by molar-refractivity contribution is 6.02. The summed E-state index contributed by atoms with van der Waals surface area (Å²) < 4.78 is 47.5. The Bertz CT molecular complexity index is 2790. The second-order valence-electron chi connectivity index (χ2n) is 16.6. The summed E-state index contributed by atoms with van der Waals surface area (Å²) in [7, 11) is 0. The first-order valence-corrected chi connectivity index (χ1v) is 23.9. The lowest BCUT2D eigenvalue weighted by molar-refractivity contribution is -0.135. The Labute approximate surface area is 446 Å². The van der Waals surface area contributed by atoms with Crippen molar-refractivity contribution in [3.05, 3.63) is 86.5 Å². The molecule has 3 N–H and O–H groups in total. The van der Waals surface area contributed by atoms with Crippen molar-refractivity contribution in [3.63, 3.8) is 0 Å². The maximum atomic E-state index is 14.3. The zero-order valence-corrected chi connectivity index (χ0v) is 44.8. The normalized spacial score (nSPS) is 10.5. The molecule has 24 heteroatoms. The average Bonchev–Trinajstić information content (AvgIpc) is 3.33. The van der Waals surface area contributed by atoms with Gasteiger partial charge in [-0.3, -0.25) is 57.5 Å². The van der Waals surface area contributed by atoms with E-state index >= 15 is 0 Å². The van der Waals surface area contributed by atoms with E-state index in [9.17, 15) is 57.5 Å². The molecule has 0 heterocycles. The molecule has 0 spiro atoms. The quantitative estimate of drug-likeness (QED) is 0.0686. The van der Waals surface area contributed by atoms with Crippen LogP contribution in [0.4, 0.5) is 0 Å². The molecule has 4 aromatic rings. The standard InChI is InChI=1S/C54H57N3O21/c1-13-34-40(22-55-52(67)37-16-19-43(70-25(4)58)49(76-31(10)64)46(37)73-28(7)61)35(14-2)42(24-57-54(69)39-18-21-45(72-27(6)60)51(78-33(12)66)48(39)75-30(9)63)36(15-3)41(34)23-56-53(68)38-17-20-44(71-26(5)59)50(77-32(11)65)47(38)74-29(8)62/h16-21H,13-15,22-24H2,1-12H3,(H,55,67)(H,56,68)(H,57,69). The number of rotatable bonds is 21. The highest BCUT2D eigenvalue weighted by Crippen LogP contribution is 2.44. The van der Waals surface area contributed by atoms with Crippen LogP contribution < -0.4 is 58.6 Å². The predicted molar refractivity (Wildman–Crippen MR) is 269 cm³/mol. The number of amides is 3. The summed E-state index contributed by atoms with van der Waals surface area (Å²) in [5, 5.41) is 8.46. The van der Waals surface area contributed by atoms with Gasteiger partial charge in [-0.25, -0.2) is 0 Å². The molecular weight excluding hydrogens is 1030 g/mol. The first-order chi connectivity index (χ1) is 36.7. The van der Waals surface area contributed by atoms with Gasteiger partial charge in [0.2, 0.25) is 17.2 Å². The van der Waals surface area contributed by atoms with Gasteiger partial charge in [0.1, 0.15) is 0 Å². The number of nitrogens with one attached hydrogen (secondary N) is 3. The van der Waals surface area contributed by atoms with Gasteiger partial charge in [-0.15, -0.1) is 0 Å². The third-order valence-corrected chi connectivity index (χ3v) is 10.7. The zero-order valence-electron chi connectivity index (χ0n) is 44.8. The maximum Gasteiger partial charge on any atom is 0.308 e. The van der Waals surface area contributed by atoms with E-state index in [-0.39, 0.29) is 72.8 Å². The number of ether oxygens (including phenoxy) is 9. The van der Waals surface area contributed by atoms with E-state index in [2.05, 4.69) is 16.0 Å². The fraction of sp³-hybridized carbons (Fsp3) is 0.333. The Morgan fingerprint density at radius 1 is 0.282 bits per heavy atom. The van der Waals surface area contributed by atoms with E-state index in [0.717, 1.165) is 80.5 Å². The zero-order chi connectivity index (χ0) is 58.3. The molecule has 0 aliphatic rings. The number of carbonyl (C=O) groups excluding carboxylic acids is 12. The molecule has 0 saturated heterocycles. The smallest absolute Gasteiger partial charge is 0.308 e. The molecule has 414 valence electrons. The van der Waals surface area contributed by atoms with Crippen molar-refractivity contribution in [1.29, 1.82) is 0 Å². The first-order valence-electron chi connectivity index (χ1n) is 23.9. The van der Waals surface area contributed by atoms with Gasteiger partial charge in [0.05, 0.1) is 16.7 Å². The van der Waals surface area contributed by atoms with Crippen molar-refractivity contribution in [2.45, 2.75) is 122 Å². The van der Waals surface area contributed by atoms with Crippen LogP contribution in [0.15, 0.2) is 36.4 Å². The van der Waals surface area contributed by atoms with Crippen LogP contribution in [-0.2, 0) is 82.0 Å². The predicted octanol–water partition coefficient (Wildman–Crippen LogP) is 5.49. The van der Waals surface area contributed by atoms with Crippen LogP contribution in [0.5, 0.6) is 51.7 Å². The second kappa shape index (κ2) is 27.3. The SMILES string of the molecule is CCc1c(CNC(=O)c2ccc(OC(C)=O)c(OC(C)=O)c2OC(C)=O)c(CC)c(CNC(=O)c2ccc(OC(C)=O)c(OC(C)=O)c2OC(C)=O)c(CC)c1CNC(=O)c1ccc(OC(C)=O)c(OC(C)=O)c1OC(C)=O. The molecule has 0 aliphatic heterocycles. The minimum absolute atomic E-state index is 0.251. The molecular formula is C54H57N3O21. The molecule has 78 heavy (non-hydrogen) atoms. The van der Waals surface area contributed by atoms with Gasteiger partial charge in [0, 0.05) is 81.9 Å². The van der Waals surface area contributed by atoms with E-state index < -0.39 is 106 Å². The molecule has 4 aromatic carbocycles.